The number of nitrogens with one attached hydrogen (secondary N) is 1. The third-order valence-electron chi connectivity index (χ3n) is 2.73. The molecule has 1 aromatic heterocycles. The highest BCUT2D eigenvalue weighted by Gasteiger charge is 2.34. The number of hydrogen-bond acceptors (Lipinski definition) is 4. The van der Waals surface area contributed by atoms with Gasteiger partial charge in [-0.2, -0.15) is 18.3 Å². The van der Waals surface area contributed by atoms with Crippen LogP contribution in [0.5, 0.6) is 0 Å². The summed E-state index contributed by atoms with van der Waals surface area (Å²) in [6.07, 6.45) is -5.05. The number of ether oxygens (including phenoxy) is 1. The topological polar surface area (TPSA) is 82.2 Å². The first-order chi connectivity index (χ1) is 9.92. The van der Waals surface area contributed by atoms with E-state index in [2.05, 4.69) is 10.4 Å². The maximum atomic E-state index is 12.6. The highest BCUT2D eigenvalue weighted by Crippen LogP contribution is 2.28. The molecular weight excluding hydrogens is 301 g/mol. The van der Waals surface area contributed by atoms with Crippen molar-refractivity contribution in [2.45, 2.75) is 45.0 Å². The molecule has 1 rings (SSSR count). The van der Waals surface area contributed by atoms with Gasteiger partial charge in [0.1, 0.15) is 5.60 Å². The number of amides is 1. The smallest absolute Gasteiger partial charge is 0.435 e. The third-order valence-corrected chi connectivity index (χ3v) is 2.73. The number of carbonyl (C=O) groups is 1. The molecule has 0 aliphatic heterocycles. The molecule has 0 aromatic carbocycles. The van der Waals surface area contributed by atoms with Crippen LogP contribution >= 0.6 is 0 Å². The normalized spacial score (nSPS) is 13.8. The van der Waals surface area contributed by atoms with Crippen LogP contribution in [0.15, 0.2) is 6.07 Å². The van der Waals surface area contributed by atoms with Gasteiger partial charge in [-0.05, 0) is 26.8 Å². The average molecular weight is 322 g/mol. The molecule has 0 aliphatic rings. The summed E-state index contributed by atoms with van der Waals surface area (Å²) in [7, 11) is 1.41. The third kappa shape index (κ3) is 5.55. The Morgan fingerprint density at radius 1 is 1.45 bits per heavy atom. The molecule has 22 heavy (non-hydrogen) atoms. The Kier molecular flexibility index (Phi) is 5.44. The van der Waals surface area contributed by atoms with Crippen molar-refractivity contribution in [1.29, 1.82) is 0 Å². The molecule has 1 unspecified atom stereocenters. The zero-order chi connectivity index (χ0) is 17.1. The molecule has 1 amide bonds. The van der Waals surface area contributed by atoms with Crippen LogP contribution in [0.25, 0.3) is 0 Å². The van der Waals surface area contributed by atoms with Crippen LogP contribution in [-0.2, 0) is 24.4 Å². The number of aryl methyl sites for hydroxylation is 1. The Labute approximate surface area is 126 Å². The first-order valence-corrected chi connectivity index (χ1v) is 6.72. The summed E-state index contributed by atoms with van der Waals surface area (Å²) >= 11 is 0. The van der Waals surface area contributed by atoms with E-state index >= 15 is 0 Å². The van der Waals surface area contributed by atoms with Crippen molar-refractivity contribution in [3.05, 3.63) is 17.5 Å². The average Bonchev–Trinajstić information content (AvgIpc) is 2.67. The van der Waals surface area contributed by atoms with E-state index in [1.165, 1.54) is 7.05 Å². The van der Waals surface area contributed by atoms with Crippen LogP contribution in [0.1, 0.15) is 32.2 Å². The molecule has 3 N–H and O–H groups in total. The van der Waals surface area contributed by atoms with Gasteiger partial charge in [0.05, 0.1) is 0 Å². The quantitative estimate of drug-likeness (QED) is 0.886. The zero-order valence-corrected chi connectivity index (χ0v) is 13.0. The van der Waals surface area contributed by atoms with Crippen molar-refractivity contribution >= 4 is 6.09 Å². The van der Waals surface area contributed by atoms with E-state index in [1.54, 1.807) is 20.8 Å². The second kappa shape index (κ2) is 6.55. The van der Waals surface area contributed by atoms with Crippen LogP contribution in [0, 0.1) is 0 Å². The van der Waals surface area contributed by atoms with Gasteiger partial charge in [-0.3, -0.25) is 4.68 Å². The Morgan fingerprint density at radius 3 is 2.45 bits per heavy atom. The van der Waals surface area contributed by atoms with Crippen molar-refractivity contribution in [3.63, 3.8) is 0 Å². The van der Waals surface area contributed by atoms with Gasteiger partial charge >= 0.3 is 12.3 Å². The van der Waals surface area contributed by atoms with Crippen molar-refractivity contribution in [2.24, 2.45) is 12.8 Å². The first-order valence-electron chi connectivity index (χ1n) is 6.72. The van der Waals surface area contributed by atoms with E-state index in [0.717, 1.165) is 10.7 Å². The fraction of sp³-hybridized carbons (Fsp3) is 0.692. The number of aromatic nitrogens is 2. The van der Waals surface area contributed by atoms with Crippen molar-refractivity contribution < 1.29 is 22.7 Å². The lowest BCUT2D eigenvalue weighted by molar-refractivity contribution is -0.141. The molecule has 1 aromatic rings. The van der Waals surface area contributed by atoms with E-state index in [1.807, 2.05) is 0 Å². The summed E-state index contributed by atoms with van der Waals surface area (Å²) in [5, 5.41) is 5.95. The summed E-state index contributed by atoms with van der Waals surface area (Å²) in [4.78, 5) is 11.7. The Hall–Kier alpha value is -1.77. The van der Waals surface area contributed by atoms with Crippen LogP contribution in [-0.4, -0.2) is 34.1 Å². The second-order valence-corrected chi connectivity index (χ2v) is 5.93. The molecule has 0 fully saturated rings. The van der Waals surface area contributed by atoms with Gasteiger partial charge in [-0.25, -0.2) is 4.79 Å². The number of hydrogen-bond donors (Lipinski definition) is 2. The largest absolute Gasteiger partial charge is 0.444 e. The Balaban J connectivity index is 2.75. The van der Waals surface area contributed by atoms with Gasteiger partial charge in [0.25, 0.3) is 0 Å². The number of nitrogens with two attached hydrogens (primary N) is 1. The fourth-order valence-corrected chi connectivity index (χ4v) is 1.76. The van der Waals surface area contributed by atoms with Gasteiger partial charge in [0.2, 0.25) is 0 Å². The summed E-state index contributed by atoms with van der Waals surface area (Å²) in [6.45, 7) is 5.19. The number of nitrogens with zero attached hydrogens (tertiary/aromatic N) is 2. The first kappa shape index (κ1) is 18.3. The maximum Gasteiger partial charge on any atom is 0.435 e. The molecule has 6 nitrogen and oxygen atoms in total. The summed E-state index contributed by atoms with van der Waals surface area (Å²) in [5.41, 5.74) is 4.23. The van der Waals surface area contributed by atoms with Crippen LogP contribution in [0.2, 0.25) is 0 Å². The SMILES string of the molecule is Cn1nc(C(F)(F)F)cc1CC(CN)NC(=O)OC(C)(C)C. The van der Waals surface area contributed by atoms with Crippen LogP contribution < -0.4 is 11.1 Å². The summed E-state index contributed by atoms with van der Waals surface area (Å²) < 4.78 is 44.0. The highest BCUT2D eigenvalue weighted by atomic mass is 19.4. The van der Waals surface area contributed by atoms with E-state index < -0.39 is 29.6 Å². The zero-order valence-electron chi connectivity index (χ0n) is 13.0. The Morgan fingerprint density at radius 2 is 2.05 bits per heavy atom. The van der Waals surface area contributed by atoms with E-state index in [0.29, 0.717) is 5.69 Å². The van der Waals surface area contributed by atoms with E-state index in [4.69, 9.17) is 10.5 Å². The van der Waals surface area contributed by atoms with Crippen molar-refractivity contribution in [1.82, 2.24) is 15.1 Å². The number of halogens is 3. The molecule has 0 saturated heterocycles. The number of rotatable bonds is 4. The van der Waals surface area contributed by atoms with Crippen molar-refractivity contribution in [3.8, 4) is 0 Å². The molecule has 1 heterocycles. The lowest BCUT2D eigenvalue weighted by Gasteiger charge is -2.23. The maximum absolute atomic E-state index is 12.6. The van der Waals surface area contributed by atoms with Gasteiger partial charge in [-0.15, -0.1) is 0 Å². The molecule has 0 spiro atoms. The molecule has 1 atom stereocenters. The summed E-state index contributed by atoms with van der Waals surface area (Å²) in [5.74, 6) is 0. The minimum atomic E-state index is -4.51. The van der Waals surface area contributed by atoms with Crippen molar-refractivity contribution in [2.75, 3.05) is 6.54 Å². The van der Waals surface area contributed by atoms with E-state index in [9.17, 15) is 18.0 Å². The minimum Gasteiger partial charge on any atom is -0.444 e. The minimum absolute atomic E-state index is 0.0613. The number of alkyl halides is 3. The summed E-state index contributed by atoms with van der Waals surface area (Å²) in [6, 6.07) is 0.394. The molecule has 0 saturated carbocycles. The fourth-order valence-electron chi connectivity index (χ4n) is 1.76. The number of alkyl carbamates (subject to hydrolysis) is 1. The van der Waals surface area contributed by atoms with Gasteiger partial charge in [0.15, 0.2) is 5.69 Å². The van der Waals surface area contributed by atoms with E-state index in [-0.39, 0.29) is 13.0 Å². The standard InChI is InChI=1S/C13H21F3N4O2/c1-12(2,3)22-11(21)18-8(7-17)5-9-6-10(13(14,15)16)19-20(9)4/h6,8H,5,7,17H2,1-4H3,(H,18,21). The van der Waals surface area contributed by atoms with Gasteiger partial charge < -0.3 is 15.8 Å². The lowest BCUT2D eigenvalue weighted by Crippen LogP contribution is -2.44. The monoisotopic (exact) mass is 322 g/mol. The van der Waals surface area contributed by atoms with Crippen LogP contribution in [0.4, 0.5) is 18.0 Å². The van der Waals surface area contributed by atoms with Gasteiger partial charge in [-0.1, -0.05) is 0 Å². The molecule has 126 valence electrons. The predicted molar refractivity (Wildman–Crippen MR) is 74.1 cm³/mol. The second-order valence-electron chi connectivity index (χ2n) is 5.93. The lowest BCUT2D eigenvalue weighted by atomic mass is 10.1. The molecule has 0 aliphatic carbocycles. The molecule has 9 heteroatoms. The number of carbonyl (C=O) groups excluding carboxylic acids is 1. The van der Waals surface area contributed by atoms with Crippen LogP contribution in [0.3, 0.4) is 0 Å². The molecular formula is C13H21F3N4O2. The highest BCUT2D eigenvalue weighted by molar-refractivity contribution is 5.68. The molecule has 0 bridgehead atoms. The Bertz CT molecular complexity index is 520. The molecule has 0 radical (unpaired) electrons. The predicted octanol–water partition coefficient (Wildman–Crippen LogP) is 1.83. The van der Waals surface area contributed by atoms with Gasteiger partial charge in [0, 0.05) is 31.7 Å².